The molecule has 1 aromatic heterocycles. The van der Waals surface area contributed by atoms with Gasteiger partial charge in [0.25, 0.3) is 11.8 Å². The zero-order chi connectivity index (χ0) is 18.7. The van der Waals surface area contributed by atoms with Crippen LogP contribution in [0.3, 0.4) is 0 Å². The molecule has 1 saturated heterocycles. The highest BCUT2D eigenvalue weighted by molar-refractivity contribution is 6.32. The van der Waals surface area contributed by atoms with Crippen LogP contribution in [-0.4, -0.2) is 53.9 Å². The van der Waals surface area contributed by atoms with Gasteiger partial charge >= 0.3 is 0 Å². The van der Waals surface area contributed by atoms with Gasteiger partial charge in [-0.1, -0.05) is 11.6 Å². The first-order valence-electron chi connectivity index (χ1n) is 8.19. The van der Waals surface area contributed by atoms with Gasteiger partial charge in [-0.15, -0.1) is 0 Å². The van der Waals surface area contributed by atoms with E-state index >= 15 is 0 Å². The van der Waals surface area contributed by atoms with Gasteiger partial charge in [-0.25, -0.2) is 4.39 Å². The van der Waals surface area contributed by atoms with Crippen molar-refractivity contribution in [2.75, 3.05) is 26.2 Å². The Labute approximate surface area is 155 Å². The van der Waals surface area contributed by atoms with Crippen LogP contribution in [0.25, 0.3) is 0 Å². The van der Waals surface area contributed by atoms with Crippen molar-refractivity contribution in [2.45, 2.75) is 13.0 Å². The molecule has 8 heteroatoms. The molecule has 1 atom stereocenters. The van der Waals surface area contributed by atoms with Crippen molar-refractivity contribution in [2.24, 2.45) is 0 Å². The number of hydrogen-bond donors (Lipinski definition) is 0. The summed E-state index contributed by atoms with van der Waals surface area (Å²) in [6, 6.07) is 7.01. The molecule has 2 amide bonds. The third kappa shape index (κ3) is 3.99. The third-order valence-electron chi connectivity index (χ3n) is 4.16. The van der Waals surface area contributed by atoms with Gasteiger partial charge in [-0.2, -0.15) is 0 Å². The molecule has 0 spiro atoms. The molecule has 0 aliphatic carbocycles. The number of hydrogen-bond acceptors (Lipinski definition) is 4. The summed E-state index contributed by atoms with van der Waals surface area (Å²) in [7, 11) is 0. The molecule has 2 heterocycles. The van der Waals surface area contributed by atoms with Gasteiger partial charge in [0.05, 0.1) is 11.3 Å². The summed E-state index contributed by atoms with van der Waals surface area (Å²) >= 11 is 5.92. The molecule has 138 valence electrons. The lowest BCUT2D eigenvalue weighted by molar-refractivity contribution is -0.139. The minimum Gasteiger partial charge on any atom is -0.479 e. The maximum absolute atomic E-state index is 13.1. The topological polar surface area (TPSA) is 63.0 Å². The maximum atomic E-state index is 13.1. The average Bonchev–Trinajstić information content (AvgIpc) is 3.17. The van der Waals surface area contributed by atoms with E-state index in [1.807, 2.05) is 0 Å². The summed E-state index contributed by atoms with van der Waals surface area (Å²) in [5.41, 5.74) is 0. The highest BCUT2D eigenvalue weighted by atomic mass is 35.5. The van der Waals surface area contributed by atoms with E-state index in [4.69, 9.17) is 20.8 Å². The molecular formula is C18H18ClFN2O4. The highest BCUT2D eigenvalue weighted by Gasteiger charge is 2.29. The lowest BCUT2D eigenvalue weighted by Crippen LogP contribution is -2.53. The zero-order valence-electron chi connectivity index (χ0n) is 14.2. The fraction of sp³-hybridized carbons (Fsp3) is 0.333. The van der Waals surface area contributed by atoms with Crippen molar-refractivity contribution < 1.29 is 23.1 Å². The van der Waals surface area contributed by atoms with E-state index in [1.54, 1.807) is 28.9 Å². The van der Waals surface area contributed by atoms with Crippen LogP contribution in [0.1, 0.15) is 17.5 Å². The predicted octanol–water partition coefficient (Wildman–Crippen LogP) is 2.82. The van der Waals surface area contributed by atoms with Crippen LogP contribution >= 0.6 is 11.6 Å². The van der Waals surface area contributed by atoms with Crippen molar-refractivity contribution in [3.8, 4) is 5.75 Å². The molecular weight excluding hydrogens is 363 g/mol. The number of furan rings is 1. The third-order valence-corrected chi connectivity index (χ3v) is 4.45. The smallest absolute Gasteiger partial charge is 0.289 e. The van der Waals surface area contributed by atoms with E-state index in [1.165, 1.54) is 18.4 Å². The molecule has 1 aromatic carbocycles. The first-order chi connectivity index (χ1) is 12.5. The normalized spacial score (nSPS) is 15.7. The summed E-state index contributed by atoms with van der Waals surface area (Å²) in [6.07, 6.45) is 0.678. The Kier molecular flexibility index (Phi) is 5.46. The lowest BCUT2D eigenvalue weighted by atomic mass is 10.2. The van der Waals surface area contributed by atoms with Crippen LogP contribution in [0, 0.1) is 5.82 Å². The predicted molar refractivity (Wildman–Crippen MR) is 92.7 cm³/mol. The summed E-state index contributed by atoms with van der Waals surface area (Å²) < 4.78 is 23.8. The highest BCUT2D eigenvalue weighted by Crippen LogP contribution is 2.26. The first kappa shape index (κ1) is 18.3. The second kappa shape index (κ2) is 7.78. The van der Waals surface area contributed by atoms with Gasteiger partial charge in [0.2, 0.25) is 0 Å². The van der Waals surface area contributed by atoms with E-state index in [9.17, 15) is 14.0 Å². The number of carbonyl (C=O) groups is 2. The van der Waals surface area contributed by atoms with Crippen molar-refractivity contribution in [3.63, 3.8) is 0 Å². The number of halogens is 2. The van der Waals surface area contributed by atoms with E-state index in [-0.39, 0.29) is 28.3 Å². The molecule has 3 rings (SSSR count). The van der Waals surface area contributed by atoms with Gasteiger partial charge in [0.15, 0.2) is 11.9 Å². The summed E-state index contributed by atoms with van der Waals surface area (Å²) in [5.74, 6) is -0.341. The molecule has 1 aliphatic heterocycles. The Morgan fingerprint density at radius 1 is 1.19 bits per heavy atom. The Balaban J connectivity index is 1.55. The van der Waals surface area contributed by atoms with Crippen LogP contribution in [0.2, 0.25) is 5.02 Å². The fourth-order valence-electron chi connectivity index (χ4n) is 2.75. The van der Waals surface area contributed by atoms with Crippen LogP contribution < -0.4 is 4.74 Å². The van der Waals surface area contributed by atoms with Gasteiger partial charge in [-0.3, -0.25) is 9.59 Å². The molecule has 0 N–H and O–H groups in total. The molecule has 2 aromatic rings. The largest absolute Gasteiger partial charge is 0.479 e. The van der Waals surface area contributed by atoms with E-state index in [2.05, 4.69) is 0 Å². The zero-order valence-corrected chi connectivity index (χ0v) is 14.9. The quantitative estimate of drug-likeness (QED) is 0.818. The van der Waals surface area contributed by atoms with Crippen molar-refractivity contribution in [1.29, 1.82) is 0 Å². The van der Waals surface area contributed by atoms with Crippen LogP contribution in [0.4, 0.5) is 4.39 Å². The number of amides is 2. The molecule has 1 aliphatic rings. The molecule has 26 heavy (non-hydrogen) atoms. The molecule has 6 nitrogen and oxygen atoms in total. The van der Waals surface area contributed by atoms with Gasteiger partial charge in [0.1, 0.15) is 11.6 Å². The van der Waals surface area contributed by atoms with Crippen LogP contribution in [0.15, 0.2) is 41.0 Å². The average molecular weight is 381 g/mol. The molecule has 1 fully saturated rings. The van der Waals surface area contributed by atoms with Gasteiger partial charge in [-0.05, 0) is 37.3 Å². The van der Waals surface area contributed by atoms with E-state index in [0.29, 0.717) is 26.2 Å². The molecule has 1 unspecified atom stereocenters. The summed E-state index contributed by atoms with van der Waals surface area (Å²) in [5, 5.41) is 0.110. The van der Waals surface area contributed by atoms with E-state index in [0.717, 1.165) is 6.07 Å². The van der Waals surface area contributed by atoms with Crippen molar-refractivity contribution >= 4 is 23.4 Å². The van der Waals surface area contributed by atoms with E-state index < -0.39 is 11.9 Å². The van der Waals surface area contributed by atoms with Crippen molar-refractivity contribution in [3.05, 3.63) is 53.2 Å². The molecule has 0 radical (unpaired) electrons. The van der Waals surface area contributed by atoms with Gasteiger partial charge < -0.3 is 19.0 Å². The second-order valence-corrected chi connectivity index (χ2v) is 6.34. The molecule has 0 saturated carbocycles. The Bertz CT molecular complexity index is 788. The lowest BCUT2D eigenvalue weighted by Gasteiger charge is -2.35. The number of rotatable bonds is 4. The fourth-order valence-corrected chi connectivity index (χ4v) is 2.97. The number of carbonyl (C=O) groups excluding carboxylic acids is 2. The summed E-state index contributed by atoms with van der Waals surface area (Å²) in [4.78, 5) is 28.1. The minimum atomic E-state index is -0.773. The number of piperazine rings is 1. The number of nitrogens with zero attached hydrogens (tertiary/aromatic N) is 2. The standard InChI is InChI=1S/C18H18ClFN2O4/c1-12(26-15-5-4-13(20)11-14(15)19)17(23)21-6-8-22(9-7-21)18(24)16-3-2-10-25-16/h2-5,10-12H,6-9H2,1H3. The number of benzene rings is 1. The van der Waals surface area contributed by atoms with Crippen LogP contribution in [0.5, 0.6) is 5.75 Å². The SMILES string of the molecule is CC(Oc1ccc(F)cc1Cl)C(=O)N1CCN(C(=O)c2ccco2)CC1. The monoisotopic (exact) mass is 380 g/mol. The Morgan fingerprint density at radius 2 is 1.88 bits per heavy atom. The molecule has 0 bridgehead atoms. The Hall–Kier alpha value is -2.54. The second-order valence-electron chi connectivity index (χ2n) is 5.93. The first-order valence-corrected chi connectivity index (χ1v) is 8.57. The maximum Gasteiger partial charge on any atom is 0.289 e. The van der Waals surface area contributed by atoms with Crippen LogP contribution in [-0.2, 0) is 4.79 Å². The van der Waals surface area contributed by atoms with Gasteiger partial charge in [0, 0.05) is 26.2 Å². The summed E-state index contributed by atoms with van der Waals surface area (Å²) in [6.45, 7) is 3.24. The Morgan fingerprint density at radius 3 is 2.50 bits per heavy atom. The minimum absolute atomic E-state index is 0.110. The number of ether oxygens (including phenoxy) is 1. The van der Waals surface area contributed by atoms with Crippen molar-refractivity contribution in [1.82, 2.24) is 9.80 Å².